The van der Waals surface area contributed by atoms with Crippen LogP contribution in [0.1, 0.15) is 58.1 Å². The predicted octanol–water partition coefficient (Wildman–Crippen LogP) is 4.24. The Morgan fingerprint density at radius 3 is 2.43 bits per heavy atom. The monoisotopic (exact) mass is 288 g/mol. The van der Waals surface area contributed by atoms with Crippen LogP contribution in [0.4, 0.5) is 0 Å². The molecular formula is C19H32N2. The molecule has 1 fully saturated rings. The topological polar surface area (TPSA) is 15.3 Å². The zero-order valence-electron chi connectivity index (χ0n) is 14.2. The van der Waals surface area contributed by atoms with E-state index in [-0.39, 0.29) is 0 Å². The summed E-state index contributed by atoms with van der Waals surface area (Å²) < 4.78 is 0. The fourth-order valence-electron chi connectivity index (χ4n) is 3.65. The smallest absolute Gasteiger partial charge is 0.0472 e. The number of likely N-dealkylation sites (N-methyl/N-ethyl adjacent to an activating group) is 1. The van der Waals surface area contributed by atoms with Gasteiger partial charge in [0.1, 0.15) is 0 Å². The number of nitrogens with one attached hydrogen (secondary N) is 1. The van der Waals surface area contributed by atoms with Gasteiger partial charge in [0.25, 0.3) is 0 Å². The van der Waals surface area contributed by atoms with Crippen molar-refractivity contribution < 1.29 is 0 Å². The van der Waals surface area contributed by atoms with E-state index in [1.165, 1.54) is 31.2 Å². The lowest BCUT2D eigenvalue weighted by atomic mass is 9.84. The highest BCUT2D eigenvalue weighted by Crippen LogP contribution is 2.32. The summed E-state index contributed by atoms with van der Waals surface area (Å²) in [5, 5.41) is 3.64. The number of nitrogens with zero attached hydrogens (tertiary/aromatic N) is 1. The maximum atomic E-state index is 3.64. The molecule has 0 amide bonds. The second-order valence-electron chi connectivity index (χ2n) is 6.98. The van der Waals surface area contributed by atoms with E-state index in [9.17, 15) is 0 Å². The Hall–Kier alpha value is -0.860. The van der Waals surface area contributed by atoms with Gasteiger partial charge in [0, 0.05) is 24.7 Å². The molecule has 0 radical (unpaired) electrons. The number of hydrogen-bond donors (Lipinski definition) is 1. The Balaban J connectivity index is 2.13. The highest BCUT2D eigenvalue weighted by molar-refractivity contribution is 5.19. The maximum Gasteiger partial charge on any atom is 0.0472 e. The highest BCUT2D eigenvalue weighted by atomic mass is 15.2. The first-order valence-electron chi connectivity index (χ1n) is 8.60. The molecule has 1 aliphatic carbocycles. The van der Waals surface area contributed by atoms with E-state index in [0.717, 1.165) is 18.5 Å². The van der Waals surface area contributed by atoms with Crippen LogP contribution in [-0.2, 0) is 0 Å². The molecule has 1 N–H and O–H groups in total. The molecule has 3 unspecified atom stereocenters. The normalized spacial score (nSPS) is 24.5. The van der Waals surface area contributed by atoms with Crippen LogP contribution >= 0.6 is 0 Å². The van der Waals surface area contributed by atoms with Crippen molar-refractivity contribution in [2.24, 2.45) is 5.92 Å². The Kier molecular flexibility index (Phi) is 6.25. The summed E-state index contributed by atoms with van der Waals surface area (Å²) in [6.07, 6.45) is 5.53. The third-order valence-corrected chi connectivity index (χ3v) is 4.98. The summed E-state index contributed by atoms with van der Waals surface area (Å²) in [4.78, 5) is 2.63. The molecule has 118 valence electrons. The molecule has 3 atom stereocenters. The van der Waals surface area contributed by atoms with Crippen LogP contribution in [0.2, 0.25) is 0 Å². The highest BCUT2D eigenvalue weighted by Gasteiger charge is 2.29. The molecule has 21 heavy (non-hydrogen) atoms. The van der Waals surface area contributed by atoms with Crippen LogP contribution in [0.5, 0.6) is 0 Å². The summed E-state index contributed by atoms with van der Waals surface area (Å²) in [7, 11) is 2.33. The Morgan fingerprint density at radius 2 is 1.81 bits per heavy atom. The van der Waals surface area contributed by atoms with Gasteiger partial charge in [0.15, 0.2) is 0 Å². The second kappa shape index (κ2) is 7.95. The predicted molar refractivity (Wildman–Crippen MR) is 91.5 cm³/mol. The standard InChI is InChI=1S/C19H32N2/c1-15(2)20-14-19(17-11-6-5-7-12-17)21(4)18-13-9-8-10-16(18)3/h5-7,11-12,15-16,18-20H,8-10,13-14H2,1-4H3. The van der Waals surface area contributed by atoms with Crippen LogP contribution < -0.4 is 5.32 Å². The Morgan fingerprint density at radius 1 is 1.14 bits per heavy atom. The Labute approximate surface area is 130 Å². The second-order valence-corrected chi connectivity index (χ2v) is 6.98. The van der Waals surface area contributed by atoms with Gasteiger partial charge in [-0.2, -0.15) is 0 Å². The quantitative estimate of drug-likeness (QED) is 0.842. The van der Waals surface area contributed by atoms with E-state index in [4.69, 9.17) is 0 Å². The van der Waals surface area contributed by atoms with E-state index in [1.807, 2.05) is 0 Å². The Bertz CT molecular complexity index is 401. The summed E-state index contributed by atoms with van der Waals surface area (Å²) in [6.45, 7) is 7.91. The molecule has 0 spiro atoms. The molecule has 2 rings (SSSR count). The molecule has 2 heteroatoms. The van der Waals surface area contributed by atoms with Crippen molar-refractivity contribution >= 4 is 0 Å². The van der Waals surface area contributed by atoms with Gasteiger partial charge in [-0.15, -0.1) is 0 Å². The van der Waals surface area contributed by atoms with Gasteiger partial charge in [-0.1, -0.05) is 63.9 Å². The summed E-state index contributed by atoms with van der Waals surface area (Å²) in [5.41, 5.74) is 1.44. The van der Waals surface area contributed by atoms with Gasteiger partial charge in [-0.25, -0.2) is 0 Å². The number of benzene rings is 1. The zero-order valence-corrected chi connectivity index (χ0v) is 14.2. The largest absolute Gasteiger partial charge is 0.313 e. The molecule has 0 aromatic heterocycles. The molecule has 2 nitrogen and oxygen atoms in total. The van der Waals surface area contributed by atoms with Crippen LogP contribution in [0.3, 0.4) is 0 Å². The molecule has 0 bridgehead atoms. The molecule has 0 aliphatic heterocycles. The van der Waals surface area contributed by atoms with Crippen molar-refractivity contribution in [3.63, 3.8) is 0 Å². The molecule has 1 aromatic rings. The molecular weight excluding hydrogens is 256 g/mol. The third-order valence-electron chi connectivity index (χ3n) is 4.98. The van der Waals surface area contributed by atoms with Crippen molar-refractivity contribution in [3.05, 3.63) is 35.9 Å². The molecule has 1 aromatic carbocycles. The number of hydrogen-bond acceptors (Lipinski definition) is 2. The lowest BCUT2D eigenvalue weighted by Crippen LogP contribution is -2.45. The van der Waals surface area contributed by atoms with Gasteiger partial charge in [0.2, 0.25) is 0 Å². The van der Waals surface area contributed by atoms with E-state index in [2.05, 4.69) is 68.4 Å². The third kappa shape index (κ3) is 4.55. The number of rotatable bonds is 6. The van der Waals surface area contributed by atoms with Gasteiger partial charge in [-0.05, 0) is 31.4 Å². The van der Waals surface area contributed by atoms with E-state index >= 15 is 0 Å². The zero-order chi connectivity index (χ0) is 15.2. The SMILES string of the molecule is CC(C)NCC(c1ccccc1)N(C)C1CCCCC1C. The van der Waals surface area contributed by atoms with Crippen LogP contribution in [0.25, 0.3) is 0 Å². The molecule has 1 saturated carbocycles. The fourth-order valence-corrected chi connectivity index (χ4v) is 3.65. The van der Waals surface area contributed by atoms with E-state index in [0.29, 0.717) is 12.1 Å². The summed E-state index contributed by atoms with van der Waals surface area (Å²) >= 11 is 0. The van der Waals surface area contributed by atoms with Gasteiger partial charge in [0.05, 0.1) is 0 Å². The molecule has 0 saturated heterocycles. The van der Waals surface area contributed by atoms with Crippen molar-refractivity contribution in [2.75, 3.05) is 13.6 Å². The minimum atomic E-state index is 0.471. The summed E-state index contributed by atoms with van der Waals surface area (Å²) in [5.74, 6) is 0.814. The minimum absolute atomic E-state index is 0.471. The van der Waals surface area contributed by atoms with E-state index < -0.39 is 0 Å². The van der Waals surface area contributed by atoms with Crippen LogP contribution in [0, 0.1) is 5.92 Å². The van der Waals surface area contributed by atoms with Crippen LogP contribution in [0.15, 0.2) is 30.3 Å². The first kappa shape index (κ1) is 16.5. The fraction of sp³-hybridized carbons (Fsp3) is 0.684. The average molecular weight is 288 g/mol. The summed E-state index contributed by atoms with van der Waals surface area (Å²) in [6, 6.07) is 12.7. The molecule has 1 aliphatic rings. The average Bonchev–Trinajstić information content (AvgIpc) is 2.48. The van der Waals surface area contributed by atoms with Crippen molar-refractivity contribution in [1.29, 1.82) is 0 Å². The van der Waals surface area contributed by atoms with Gasteiger partial charge < -0.3 is 5.32 Å². The van der Waals surface area contributed by atoms with Gasteiger partial charge in [-0.3, -0.25) is 4.90 Å². The van der Waals surface area contributed by atoms with Crippen molar-refractivity contribution in [2.45, 2.75) is 64.6 Å². The minimum Gasteiger partial charge on any atom is -0.313 e. The van der Waals surface area contributed by atoms with Crippen LogP contribution in [-0.4, -0.2) is 30.6 Å². The van der Waals surface area contributed by atoms with Crippen molar-refractivity contribution in [3.8, 4) is 0 Å². The molecule has 0 heterocycles. The maximum absolute atomic E-state index is 3.64. The lowest BCUT2D eigenvalue weighted by Gasteiger charge is -2.41. The lowest BCUT2D eigenvalue weighted by molar-refractivity contribution is 0.0942. The van der Waals surface area contributed by atoms with Gasteiger partial charge >= 0.3 is 0 Å². The van der Waals surface area contributed by atoms with Crippen molar-refractivity contribution in [1.82, 2.24) is 10.2 Å². The van der Waals surface area contributed by atoms with E-state index in [1.54, 1.807) is 0 Å². The first-order chi connectivity index (χ1) is 10.1. The first-order valence-corrected chi connectivity index (χ1v) is 8.60.